The lowest BCUT2D eigenvalue weighted by Crippen LogP contribution is -2.47. The molecule has 118 valence electrons. The highest BCUT2D eigenvalue weighted by atomic mass is 16.2. The fraction of sp³-hybridized carbons (Fsp3) is 0.438. The molecule has 0 saturated carbocycles. The van der Waals surface area contributed by atoms with Crippen LogP contribution >= 0.6 is 0 Å². The molecule has 0 unspecified atom stereocenters. The smallest absolute Gasteiger partial charge is 0.244 e. The van der Waals surface area contributed by atoms with E-state index in [1.807, 2.05) is 6.07 Å². The van der Waals surface area contributed by atoms with Gasteiger partial charge < -0.3 is 16.0 Å². The standard InChI is InChI=1S/C16H21N3O3/c1-11(20)19-9-5-8-13(10-19)16(22)18-14(15(17)21)12-6-3-2-4-7-12/h2-4,6-7,13-14H,5,8-10H2,1H3,(H2,17,21)(H,18,22)/t13-,14+/m0/s1. The molecule has 1 fully saturated rings. The van der Waals surface area contributed by atoms with E-state index in [9.17, 15) is 14.4 Å². The van der Waals surface area contributed by atoms with Crippen LogP contribution in [0.25, 0.3) is 0 Å². The minimum atomic E-state index is -0.846. The molecule has 1 aliphatic heterocycles. The first-order valence-corrected chi connectivity index (χ1v) is 7.39. The topological polar surface area (TPSA) is 92.5 Å². The third-order valence-electron chi connectivity index (χ3n) is 3.94. The van der Waals surface area contributed by atoms with Gasteiger partial charge in [-0.3, -0.25) is 14.4 Å². The highest BCUT2D eigenvalue weighted by molar-refractivity contribution is 5.89. The summed E-state index contributed by atoms with van der Waals surface area (Å²) in [5.74, 6) is -1.17. The molecule has 1 aromatic carbocycles. The summed E-state index contributed by atoms with van der Waals surface area (Å²) in [6.45, 7) is 2.56. The van der Waals surface area contributed by atoms with Gasteiger partial charge in [0.1, 0.15) is 6.04 Å². The first-order chi connectivity index (χ1) is 10.5. The Hall–Kier alpha value is -2.37. The fourth-order valence-electron chi connectivity index (χ4n) is 2.70. The Morgan fingerprint density at radius 1 is 1.27 bits per heavy atom. The molecule has 6 heteroatoms. The van der Waals surface area contributed by atoms with Crippen molar-refractivity contribution in [3.8, 4) is 0 Å². The van der Waals surface area contributed by atoms with Crippen LogP contribution in [0.2, 0.25) is 0 Å². The van der Waals surface area contributed by atoms with E-state index < -0.39 is 11.9 Å². The Bertz CT molecular complexity index is 559. The number of primary amides is 1. The minimum absolute atomic E-state index is 0.0352. The second kappa shape index (κ2) is 7.06. The van der Waals surface area contributed by atoms with Crippen LogP contribution in [0, 0.1) is 5.92 Å². The number of nitrogens with one attached hydrogen (secondary N) is 1. The zero-order chi connectivity index (χ0) is 16.1. The molecule has 0 radical (unpaired) electrons. The van der Waals surface area contributed by atoms with Gasteiger partial charge in [0.05, 0.1) is 5.92 Å². The van der Waals surface area contributed by atoms with Gasteiger partial charge in [0.25, 0.3) is 0 Å². The van der Waals surface area contributed by atoms with Crippen molar-refractivity contribution < 1.29 is 14.4 Å². The molecule has 2 atom stereocenters. The van der Waals surface area contributed by atoms with Crippen LogP contribution in [-0.2, 0) is 14.4 Å². The van der Waals surface area contributed by atoms with Gasteiger partial charge in [0.15, 0.2) is 0 Å². The van der Waals surface area contributed by atoms with Crippen molar-refractivity contribution in [3.05, 3.63) is 35.9 Å². The summed E-state index contributed by atoms with van der Waals surface area (Å²) >= 11 is 0. The third-order valence-corrected chi connectivity index (χ3v) is 3.94. The van der Waals surface area contributed by atoms with Crippen LogP contribution in [-0.4, -0.2) is 35.7 Å². The summed E-state index contributed by atoms with van der Waals surface area (Å²) < 4.78 is 0. The van der Waals surface area contributed by atoms with Crippen LogP contribution in [0.1, 0.15) is 31.4 Å². The third kappa shape index (κ3) is 3.84. The molecule has 2 rings (SSSR count). The maximum absolute atomic E-state index is 12.4. The number of nitrogens with two attached hydrogens (primary N) is 1. The van der Waals surface area contributed by atoms with E-state index in [1.54, 1.807) is 29.2 Å². The summed E-state index contributed by atoms with van der Waals surface area (Å²) in [5.41, 5.74) is 6.06. The summed E-state index contributed by atoms with van der Waals surface area (Å²) in [6, 6.07) is 8.05. The largest absolute Gasteiger partial charge is 0.368 e. The first-order valence-electron chi connectivity index (χ1n) is 7.39. The SMILES string of the molecule is CC(=O)N1CCC[C@H](C(=O)N[C@@H](C(N)=O)c2ccccc2)C1. The highest BCUT2D eigenvalue weighted by Gasteiger charge is 2.29. The maximum atomic E-state index is 12.4. The number of hydrogen-bond acceptors (Lipinski definition) is 3. The number of piperidine rings is 1. The van der Waals surface area contributed by atoms with Crippen LogP contribution in [0.4, 0.5) is 0 Å². The van der Waals surface area contributed by atoms with Crippen molar-refractivity contribution >= 4 is 17.7 Å². The molecule has 0 bridgehead atoms. The number of hydrogen-bond donors (Lipinski definition) is 2. The number of likely N-dealkylation sites (tertiary alicyclic amines) is 1. The summed E-state index contributed by atoms with van der Waals surface area (Å²) in [6.07, 6.45) is 1.49. The van der Waals surface area contributed by atoms with Crippen LogP contribution < -0.4 is 11.1 Å². The van der Waals surface area contributed by atoms with Gasteiger partial charge >= 0.3 is 0 Å². The number of carbonyl (C=O) groups is 3. The lowest BCUT2D eigenvalue weighted by Gasteiger charge is -2.32. The van der Waals surface area contributed by atoms with E-state index in [0.29, 0.717) is 25.1 Å². The monoisotopic (exact) mass is 303 g/mol. The zero-order valence-electron chi connectivity index (χ0n) is 12.6. The number of carbonyl (C=O) groups excluding carboxylic acids is 3. The average Bonchev–Trinajstić information content (AvgIpc) is 2.53. The van der Waals surface area contributed by atoms with Crippen LogP contribution in [0.15, 0.2) is 30.3 Å². The van der Waals surface area contributed by atoms with E-state index in [1.165, 1.54) is 6.92 Å². The van der Waals surface area contributed by atoms with E-state index in [0.717, 1.165) is 6.42 Å². The summed E-state index contributed by atoms with van der Waals surface area (Å²) in [4.78, 5) is 37.1. The van der Waals surface area contributed by atoms with Gasteiger partial charge in [-0.2, -0.15) is 0 Å². The van der Waals surface area contributed by atoms with Gasteiger partial charge in [0, 0.05) is 20.0 Å². The van der Waals surface area contributed by atoms with Gasteiger partial charge in [-0.05, 0) is 18.4 Å². The Balaban J connectivity index is 2.05. The molecule has 6 nitrogen and oxygen atoms in total. The number of benzene rings is 1. The second-order valence-electron chi connectivity index (χ2n) is 5.56. The Morgan fingerprint density at radius 2 is 1.95 bits per heavy atom. The summed E-state index contributed by atoms with van der Waals surface area (Å²) in [7, 11) is 0. The molecular weight excluding hydrogens is 282 g/mol. The minimum Gasteiger partial charge on any atom is -0.368 e. The Morgan fingerprint density at radius 3 is 2.55 bits per heavy atom. The second-order valence-corrected chi connectivity index (χ2v) is 5.56. The van der Waals surface area contributed by atoms with Crippen molar-refractivity contribution in [1.82, 2.24) is 10.2 Å². The lowest BCUT2D eigenvalue weighted by atomic mass is 9.96. The Labute approximate surface area is 129 Å². The van der Waals surface area contributed by atoms with E-state index in [2.05, 4.69) is 5.32 Å². The lowest BCUT2D eigenvalue weighted by molar-refractivity contribution is -0.135. The van der Waals surface area contributed by atoms with Gasteiger partial charge in [-0.25, -0.2) is 0 Å². The molecule has 1 aromatic rings. The van der Waals surface area contributed by atoms with Crippen molar-refractivity contribution in [3.63, 3.8) is 0 Å². The van der Waals surface area contributed by atoms with Crippen LogP contribution in [0.5, 0.6) is 0 Å². The number of amides is 3. The molecule has 0 aliphatic carbocycles. The molecule has 0 spiro atoms. The number of rotatable bonds is 4. The molecule has 0 aromatic heterocycles. The summed E-state index contributed by atoms with van der Waals surface area (Å²) in [5, 5.41) is 2.71. The van der Waals surface area contributed by atoms with Crippen molar-refractivity contribution in [2.45, 2.75) is 25.8 Å². The van der Waals surface area contributed by atoms with E-state index >= 15 is 0 Å². The van der Waals surface area contributed by atoms with E-state index in [4.69, 9.17) is 5.73 Å². The zero-order valence-corrected chi connectivity index (χ0v) is 12.6. The average molecular weight is 303 g/mol. The molecular formula is C16H21N3O3. The molecule has 1 heterocycles. The van der Waals surface area contributed by atoms with Gasteiger partial charge in [-0.15, -0.1) is 0 Å². The molecule has 3 N–H and O–H groups in total. The predicted molar refractivity (Wildman–Crippen MR) is 81.5 cm³/mol. The predicted octanol–water partition coefficient (Wildman–Crippen LogP) is 0.588. The fourth-order valence-corrected chi connectivity index (χ4v) is 2.70. The molecule has 1 aliphatic rings. The van der Waals surface area contributed by atoms with Crippen LogP contribution in [0.3, 0.4) is 0 Å². The highest BCUT2D eigenvalue weighted by Crippen LogP contribution is 2.19. The quantitative estimate of drug-likeness (QED) is 0.852. The molecule has 22 heavy (non-hydrogen) atoms. The van der Waals surface area contributed by atoms with E-state index in [-0.39, 0.29) is 17.7 Å². The van der Waals surface area contributed by atoms with Crippen molar-refractivity contribution in [2.75, 3.05) is 13.1 Å². The first kappa shape index (κ1) is 16.0. The Kier molecular flexibility index (Phi) is 5.14. The number of nitrogens with zero attached hydrogens (tertiary/aromatic N) is 1. The maximum Gasteiger partial charge on any atom is 0.244 e. The van der Waals surface area contributed by atoms with Crippen molar-refractivity contribution in [1.29, 1.82) is 0 Å². The van der Waals surface area contributed by atoms with Gasteiger partial charge in [-0.1, -0.05) is 30.3 Å². The van der Waals surface area contributed by atoms with Crippen molar-refractivity contribution in [2.24, 2.45) is 11.7 Å². The molecule has 3 amide bonds. The normalized spacial score (nSPS) is 19.3. The van der Waals surface area contributed by atoms with Gasteiger partial charge in [0.2, 0.25) is 17.7 Å². The molecule has 1 saturated heterocycles.